The second kappa shape index (κ2) is 7.19. The van der Waals surface area contributed by atoms with Gasteiger partial charge in [0.1, 0.15) is 11.4 Å². The van der Waals surface area contributed by atoms with E-state index in [1.165, 1.54) is 5.69 Å². The highest BCUT2D eigenvalue weighted by molar-refractivity contribution is 5.94. The zero-order valence-corrected chi connectivity index (χ0v) is 15.5. The molecule has 0 unspecified atom stereocenters. The fraction of sp³-hybridized carbons (Fsp3) is 0.300. The second-order valence-corrected chi connectivity index (χ2v) is 6.38. The number of carbonyl (C=O) groups is 1. The summed E-state index contributed by atoms with van der Waals surface area (Å²) < 4.78 is 1.73. The number of nitrogens with one attached hydrogen (secondary N) is 1. The molecule has 0 bridgehead atoms. The lowest BCUT2D eigenvalue weighted by atomic mass is 10.1. The SMILES string of the molecule is CCN(CC)c1ccc(-c2nccc(-c3cc4n(n3)CCNC4=O)n2)cc1. The summed E-state index contributed by atoms with van der Waals surface area (Å²) in [5.74, 6) is 0.551. The van der Waals surface area contributed by atoms with Gasteiger partial charge in [0.15, 0.2) is 5.82 Å². The first-order chi connectivity index (χ1) is 13.2. The Balaban J connectivity index is 1.64. The Kier molecular flexibility index (Phi) is 4.58. The maximum atomic E-state index is 11.9. The number of nitrogens with zero attached hydrogens (tertiary/aromatic N) is 5. The minimum Gasteiger partial charge on any atom is -0.372 e. The molecule has 4 rings (SSSR count). The van der Waals surface area contributed by atoms with E-state index in [-0.39, 0.29) is 5.91 Å². The fourth-order valence-corrected chi connectivity index (χ4v) is 3.31. The largest absolute Gasteiger partial charge is 0.372 e. The molecule has 0 radical (unpaired) electrons. The van der Waals surface area contributed by atoms with Crippen molar-refractivity contribution < 1.29 is 4.79 Å². The molecule has 0 spiro atoms. The number of hydrogen-bond acceptors (Lipinski definition) is 5. The third-order valence-corrected chi connectivity index (χ3v) is 4.79. The van der Waals surface area contributed by atoms with Crippen molar-refractivity contribution in [3.8, 4) is 22.8 Å². The van der Waals surface area contributed by atoms with Gasteiger partial charge in [-0.15, -0.1) is 0 Å². The van der Waals surface area contributed by atoms with Gasteiger partial charge in [-0.25, -0.2) is 9.97 Å². The van der Waals surface area contributed by atoms with Crippen LogP contribution < -0.4 is 10.2 Å². The summed E-state index contributed by atoms with van der Waals surface area (Å²) >= 11 is 0. The number of aromatic nitrogens is 4. The van der Waals surface area contributed by atoms with Gasteiger partial charge >= 0.3 is 0 Å². The minimum absolute atomic E-state index is 0.0960. The summed E-state index contributed by atoms with van der Waals surface area (Å²) in [6.07, 6.45) is 1.73. The van der Waals surface area contributed by atoms with E-state index in [1.807, 2.05) is 18.2 Å². The van der Waals surface area contributed by atoms with Crippen molar-refractivity contribution in [2.45, 2.75) is 20.4 Å². The van der Waals surface area contributed by atoms with Crippen LogP contribution in [-0.2, 0) is 6.54 Å². The van der Waals surface area contributed by atoms with Crippen LogP contribution in [0.2, 0.25) is 0 Å². The normalized spacial score (nSPS) is 13.2. The predicted molar refractivity (Wildman–Crippen MR) is 105 cm³/mol. The average Bonchev–Trinajstić information content (AvgIpc) is 3.15. The first kappa shape index (κ1) is 17.2. The number of carbonyl (C=O) groups excluding carboxylic acids is 1. The van der Waals surface area contributed by atoms with Crippen LogP contribution in [0.3, 0.4) is 0 Å². The van der Waals surface area contributed by atoms with E-state index in [9.17, 15) is 4.79 Å². The molecule has 2 aromatic heterocycles. The predicted octanol–water partition coefficient (Wildman–Crippen LogP) is 2.60. The van der Waals surface area contributed by atoms with Crippen LogP contribution in [-0.4, -0.2) is 45.3 Å². The molecule has 138 valence electrons. The Hall–Kier alpha value is -3.22. The van der Waals surface area contributed by atoms with E-state index in [0.29, 0.717) is 36.0 Å². The lowest BCUT2D eigenvalue weighted by Gasteiger charge is -2.21. The molecule has 7 nitrogen and oxygen atoms in total. The number of amides is 1. The Labute approximate surface area is 158 Å². The van der Waals surface area contributed by atoms with Gasteiger partial charge in [-0.2, -0.15) is 5.10 Å². The van der Waals surface area contributed by atoms with Crippen LogP contribution in [0.25, 0.3) is 22.8 Å². The van der Waals surface area contributed by atoms with Gasteiger partial charge in [-0.1, -0.05) is 0 Å². The minimum atomic E-state index is -0.0960. The zero-order valence-electron chi connectivity index (χ0n) is 15.5. The highest BCUT2D eigenvalue weighted by Gasteiger charge is 2.20. The van der Waals surface area contributed by atoms with Gasteiger partial charge in [-0.3, -0.25) is 9.48 Å². The van der Waals surface area contributed by atoms with Gasteiger partial charge in [0.05, 0.1) is 12.2 Å². The number of fused-ring (bicyclic) bond motifs is 1. The molecule has 1 aromatic carbocycles. The fourth-order valence-electron chi connectivity index (χ4n) is 3.31. The topological polar surface area (TPSA) is 75.9 Å². The van der Waals surface area contributed by atoms with E-state index < -0.39 is 0 Å². The van der Waals surface area contributed by atoms with E-state index in [2.05, 4.69) is 51.3 Å². The summed E-state index contributed by atoms with van der Waals surface area (Å²) in [6, 6.07) is 11.9. The highest BCUT2D eigenvalue weighted by Crippen LogP contribution is 2.24. The summed E-state index contributed by atoms with van der Waals surface area (Å²) in [7, 11) is 0. The van der Waals surface area contributed by atoms with Crippen molar-refractivity contribution in [2.24, 2.45) is 0 Å². The molecule has 3 heterocycles. The van der Waals surface area contributed by atoms with E-state index in [4.69, 9.17) is 0 Å². The Bertz CT molecular complexity index is 959. The van der Waals surface area contributed by atoms with E-state index >= 15 is 0 Å². The van der Waals surface area contributed by atoms with Crippen LogP contribution in [0.5, 0.6) is 0 Å². The molecule has 0 atom stereocenters. The first-order valence-corrected chi connectivity index (χ1v) is 9.24. The molecular formula is C20H22N6O. The maximum absolute atomic E-state index is 11.9. The second-order valence-electron chi connectivity index (χ2n) is 6.38. The van der Waals surface area contributed by atoms with Gasteiger partial charge < -0.3 is 10.2 Å². The van der Waals surface area contributed by atoms with Crippen LogP contribution >= 0.6 is 0 Å². The molecule has 7 heteroatoms. The molecule has 1 aliphatic heterocycles. The van der Waals surface area contributed by atoms with Crippen molar-refractivity contribution in [2.75, 3.05) is 24.5 Å². The molecule has 0 fully saturated rings. The third-order valence-electron chi connectivity index (χ3n) is 4.79. The van der Waals surface area contributed by atoms with Gasteiger partial charge in [0.2, 0.25) is 0 Å². The zero-order chi connectivity index (χ0) is 18.8. The Morgan fingerprint density at radius 1 is 1.11 bits per heavy atom. The number of anilines is 1. The molecule has 1 amide bonds. The molecule has 0 saturated carbocycles. The maximum Gasteiger partial charge on any atom is 0.269 e. The smallest absolute Gasteiger partial charge is 0.269 e. The molecule has 1 N–H and O–H groups in total. The summed E-state index contributed by atoms with van der Waals surface area (Å²) in [5, 5.41) is 7.35. The van der Waals surface area contributed by atoms with Gasteiger partial charge in [0, 0.05) is 37.1 Å². The van der Waals surface area contributed by atoms with Gasteiger partial charge in [0.25, 0.3) is 5.91 Å². The van der Waals surface area contributed by atoms with Crippen molar-refractivity contribution in [1.82, 2.24) is 25.1 Å². The Morgan fingerprint density at radius 2 is 1.89 bits per heavy atom. The van der Waals surface area contributed by atoms with Gasteiger partial charge in [-0.05, 0) is 50.2 Å². The van der Waals surface area contributed by atoms with Crippen molar-refractivity contribution in [3.63, 3.8) is 0 Å². The first-order valence-electron chi connectivity index (χ1n) is 9.24. The van der Waals surface area contributed by atoms with E-state index in [0.717, 1.165) is 18.7 Å². The molecule has 3 aromatic rings. The van der Waals surface area contributed by atoms with Crippen molar-refractivity contribution >= 4 is 11.6 Å². The molecule has 27 heavy (non-hydrogen) atoms. The lowest BCUT2D eigenvalue weighted by Crippen LogP contribution is -2.35. The quantitative estimate of drug-likeness (QED) is 0.755. The molecule has 0 saturated heterocycles. The van der Waals surface area contributed by atoms with Crippen LogP contribution in [0.15, 0.2) is 42.6 Å². The number of hydrogen-bond donors (Lipinski definition) is 1. The number of rotatable bonds is 5. The molecule has 1 aliphatic rings. The van der Waals surface area contributed by atoms with Crippen molar-refractivity contribution in [1.29, 1.82) is 0 Å². The standard InChI is InChI=1S/C20H22N6O/c1-3-25(4-2)15-7-5-14(6-8-15)19-21-10-9-16(23-19)17-13-18-20(27)22-11-12-26(18)24-17/h5-10,13H,3-4,11-12H2,1-2H3,(H,22,27). The third kappa shape index (κ3) is 3.28. The lowest BCUT2D eigenvalue weighted by molar-refractivity contribution is 0.0924. The number of benzene rings is 1. The summed E-state index contributed by atoms with van der Waals surface area (Å²) in [5.41, 5.74) is 4.11. The molecular weight excluding hydrogens is 340 g/mol. The Morgan fingerprint density at radius 3 is 2.59 bits per heavy atom. The summed E-state index contributed by atoms with van der Waals surface area (Å²) in [4.78, 5) is 23.3. The van der Waals surface area contributed by atoms with Crippen LogP contribution in [0.1, 0.15) is 24.3 Å². The van der Waals surface area contributed by atoms with E-state index in [1.54, 1.807) is 16.9 Å². The highest BCUT2D eigenvalue weighted by atomic mass is 16.2. The average molecular weight is 362 g/mol. The van der Waals surface area contributed by atoms with Crippen molar-refractivity contribution in [3.05, 3.63) is 48.3 Å². The monoisotopic (exact) mass is 362 g/mol. The summed E-state index contributed by atoms with van der Waals surface area (Å²) in [6.45, 7) is 7.51. The molecule has 0 aliphatic carbocycles. The van der Waals surface area contributed by atoms with Crippen LogP contribution in [0.4, 0.5) is 5.69 Å². The van der Waals surface area contributed by atoms with Crippen LogP contribution in [0, 0.1) is 0 Å².